The van der Waals surface area contributed by atoms with E-state index in [4.69, 9.17) is 9.47 Å². The monoisotopic (exact) mass is 283 g/mol. The van der Waals surface area contributed by atoms with Crippen molar-refractivity contribution in [2.75, 3.05) is 20.0 Å². The summed E-state index contributed by atoms with van der Waals surface area (Å²) < 4.78 is 10.6. The topological polar surface area (TPSA) is 61.6 Å². The first-order chi connectivity index (χ1) is 9.03. The van der Waals surface area contributed by atoms with Crippen LogP contribution in [-0.4, -0.2) is 24.9 Å². The van der Waals surface area contributed by atoms with Gasteiger partial charge in [-0.25, -0.2) is 0 Å². The molecule has 5 nitrogen and oxygen atoms in total. The van der Waals surface area contributed by atoms with Crippen LogP contribution in [0.5, 0.6) is 11.5 Å². The maximum Gasteiger partial charge on any atom is 0.243 e. The number of benzene rings is 1. The van der Waals surface area contributed by atoms with Gasteiger partial charge in [0, 0.05) is 18.6 Å². The number of rotatable bonds is 6. The van der Waals surface area contributed by atoms with E-state index in [2.05, 4.69) is 0 Å². The molecule has 0 bridgehead atoms. The van der Waals surface area contributed by atoms with Gasteiger partial charge in [0.15, 0.2) is 0 Å². The summed E-state index contributed by atoms with van der Waals surface area (Å²) in [5.74, 6) is 2.19. The van der Waals surface area contributed by atoms with Crippen molar-refractivity contribution in [1.82, 2.24) is 0 Å². The Bertz CT molecular complexity index is 500. The molecule has 1 rings (SSSR count). The van der Waals surface area contributed by atoms with E-state index in [0.717, 1.165) is 10.6 Å². The molecule has 0 spiro atoms. The van der Waals surface area contributed by atoms with E-state index in [1.54, 1.807) is 32.0 Å². The van der Waals surface area contributed by atoms with Crippen LogP contribution in [0.4, 0.5) is 0 Å². The van der Waals surface area contributed by atoms with Crippen LogP contribution in [0.1, 0.15) is 19.4 Å². The Hall–Kier alpha value is -1.69. The van der Waals surface area contributed by atoms with E-state index < -0.39 is 4.92 Å². The van der Waals surface area contributed by atoms with Gasteiger partial charge in [-0.2, -0.15) is 0 Å². The fraction of sp³-hybridized carbons (Fsp3) is 0.385. The number of allylic oxidation sites excluding steroid dienone is 1. The molecule has 0 amide bonds. The predicted molar refractivity (Wildman–Crippen MR) is 76.6 cm³/mol. The van der Waals surface area contributed by atoms with Crippen molar-refractivity contribution in [3.63, 3.8) is 0 Å². The number of ether oxygens (including phenoxy) is 2. The highest BCUT2D eigenvalue weighted by Crippen LogP contribution is 2.36. The zero-order valence-corrected chi connectivity index (χ0v) is 12.2. The number of hydrogen-bond acceptors (Lipinski definition) is 5. The minimum Gasteiger partial charge on any atom is -0.496 e. The Kier molecular flexibility index (Phi) is 5.69. The fourth-order valence-electron chi connectivity index (χ4n) is 1.55. The second-order valence-electron chi connectivity index (χ2n) is 3.72. The largest absolute Gasteiger partial charge is 0.496 e. The maximum atomic E-state index is 10.7. The van der Waals surface area contributed by atoms with Crippen LogP contribution in [-0.2, 0) is 0 Å². The van der Waals surface area contributed by atoms with Crippen LogP contribution in [0.15, 0.2) is 22.7 Å². The molecular weight excluding hydrogens is 266 g/mol. The molecule has 0 aliphatic heterocycles. The zero-order valence-electron chi connectivity index (χ0n) is 11.4. The third-order valence-electron chi connectivity index (χ3n) is 2.47. The van der Waals surface area contributed by atoms with Gasteiger partial charge in [0.1, 0.15) is 11.5 Å². The first-order valence-electron chi connectivity index (χ1n) is 5.75. The van der Waals surface area contributed by atoms with Crippen LogP contribution in [0.3, 0.4) is 0 Å². The molecule has 0 aliphatic carbocycles. The van der Waals surface area contributed by atoms with E-state index >= 15 is 0 Å². The average Bonchev–Trinajstić information content (AvgIpc) is 2.39. The van der Waals surface area contributed by atoms with E-state index in [-0.39, 0.29) is 5.70 Å². The van der Waals surface area contributed by atoms with Gasteiger partial charge in [-0.05, 0) is 17.9 Å². The highest BCUT2D eigenvalue weighted by molar-refractivity contribution is 7.99. The number of nitro groups is 1. The molecule has 0 aliphatic rings. The van der Waals surface area contributed by atoms with Crippen molar-refractivity contribution < 1.29 is 14.4 Å². The summed E-state index contributed by atoms with van der Waals surface area (Å²) in [7, 11) is 3.12. The van der Waals surface area contributed by atoms with Crippen molar-refractivity contribution in [2.45, 2.75) is 18.7 Å². The van der Waals surface area contributed by atoms with E-state index in [9.17, 15) is 10.1 Å². The molecule has 0 atom stereocenters. The summed E-state index contributed by atoms with van der Waals surface area (Å²) in [6, 6.07) is 3.59. The van der Waals surface area contributed by atoms with Crippen LogP contribution in [0.2, 0.25) is 0 Å². The Morgan fingerprint density at radius 3 is 2.47 bits per heavy atom. The molecule has 6 heteroatoms. The second-order valence-corrected chi connectivity index (χ2v) is 5.03. The second kappa shape index (κ2) is 7.04. The maximum absolute atomic E-state index is 10.7. The van der Waals surface area contributed by atoms with Gasteiger partial charge in [0.05, 0.1) is 24.0 Å². The number of thioether (sulfide) groups is 1. The molecule has 0 saturated heterocycles. The van der Waals surface area contributed by atoms with Crippen LogP contribution < -0.4 is 9.47 Å². The Labute approximate surface area is 116 Å². The summed E-state index contributed by atoms with van der Waals surface area (Å²) in [5, 5.41) is 10.7. The van der Waals surface area contributed by atoms with Crippen molar-refractivity contribution in [2.24, 2.45) is 0 Å². The summed E-state index contributed by atoms with van der Waals surface area (Å²) in [6.07, 6.45) is 1.47. The molecule has 104 valence electrons. The fourth-order valence-corrected chi connectivity index (χ4v) is 2.34. The number of methoxy groups -OCH3 is 2. The molecule has 0 N–H and O–H groups in total. The lowest BCUT2D eigenvalue weighted by atomic mass is 10.1. The molecule has 0 fully saturated rings. The third kappa shape index (κ3) is 3.89. The summed E-state index contributed by atoms with van der Waals surface area (Å²) in [4.78, 5) is 11.2. The molecule has 0 aromatic heterocycles. The minimum absolute atomic E-state index is 0.0521. The van der Waals surface area contributed by atoms with Gasteiger partial charge in [-0.15, -0.1) is 11.8 Å². The van der Waals surface area contributed by atoms with Crippen LogP contribution >= 0.6 is 11.8 Å². The molecule has 1 aromatic carbocycles. The average molecular weight is 283 g/mol. The summed E-state index contributed by atoms with van der Waals surface area (Å²) in [6.45, 7) is 3.49. The lowest BCUT2D eigenvalue weighted by Crippen LogP contribution is -1.96. The summed E-state index contributed by atoms with van der Waals surface area (Å²) >= 11 is 1.63. The molecule has 0 heterocycles. The van der Waals surface area contributed by atoms with Gasteiger partial charge >= 0.3 is 0 Å². The molecule has 19 heavy (non-hydrogen) atoms. The minimum atomic E-state index is -0.430. The first-order valence-corrected chi connectivity index (χ1v) is 6.73. The van der Waals surface area contributed by atoms with Gasteiger partial charge in [-0.1, -0.05) is 6.92 Å². The number of nitrogens with zero attached hydrogens (tertiary/aromatic N) is 1. The normalized spacial score (nSPS) is 11.3. The SMILES string of the molecule is CCSc1cc(OC)c(/C=C(\C)[N+](=O)[O-])cc1OC. The van der Waals surface area contributed by atoms with Gasteiger partial charge < -0.3 is 9.47 Å². The zero-order chi connectivity index (χ0) is 14.4. The Morgan fingerprint density at radius 1 is 1.37 bits per heavy atom. The number of hydrogen-bond donors (Lipinski definition) is 0. The van der Waals surface area contributed by atoms with Crippen molar-refractivity contribution >= 4 is 17.8 Å². The highest BCUT2D eigenvalue weighted by Gasteiger charge is 2.12. The van der Waals surface area contributed by atoms with Crippen LogP contribution in [0.25, 0.3) is 6.08 Å². The lowest BCUT2D eigenvalue weighted by molar-refractivity contribution is -0.422. The van der Waals surface area contributed by atoms with E-state index in [1.165, 1.54) is 13.0 Å². The third-order valence-corrected chi connectivity index (χ3v) is 3.39. The first kappa shape index (κ1) is 15.4. The van der Waals surface area contributed by atoms with E-state index in [1.807, 2.05) is 13.0 Å². The highest BCUT2D eigenvalue weighted by atomic mass is 32.2. The summed E-state index contributed by atoms with van der Waals surface area (Å²) in [5.41, 5.74) is 0.685. The van der Waals surface area contributed by atoms with Crippen molar-refractivity contribution in [3.05, 3.63) is 33.5 Å². The molecule has 0 radical (unpaired) electrons. The molecular formula is C13H17NO4S. The molecule has 0 saturated carbocycles. The smallest absolute Gasteiger partial charge is 0.243 e. The predicted octanol–water partition coefficient (Wildman–Crippen LogP) is 3.45. The van der Waals surface area contributed by atoms with Crippen molar-refractivity contribution in [1.29, 1.82) is 0 Å². The lowest BCUT2D eigenvalue weighted by Gasteiger charge is -2.12. The Morgan fingerprint density at radius 2 is 2.00 bits per heavy atom. The van der Waals surface area contributed by atoms with Crippen LogP contribution in [0, 0.1) is 10.1 Å². The standard InChI is InChI=1S/C13H17NO4S/c1-5-19-13-8-11(17-3)10(7-12(13)18-4)6-9(2)14(15)16/h6-8H,5H2,1-4H3/b9-6+. The van der Waals surface area contributed by atoms with Gasteiger partial charge in [0.25, 0.3) is 0 Å². The van der Waals surface area contributed by atoms with Gasteiger partial charge in [-0.3, -0.25) is 10.1 Å². The quantitative estimate of drug-likeness (QED) is 0.454. The van der Waals surface area contributed by atoms with E-state index in [0.29, 0.717) is 17.1 Å². The van der Waals surface area contributed by atoms with Crippen molar-refractivity contribution in [3.8, 4) is 11.5 Å². The van der Waals surface area contributed by atoms with Gasteiger partial charge in [0.2, 0.25) is 5.70 Å². The Balaban J connectivity index is 3.31. The molecule has 0 unspecified atom stereocenters. The molecule has 1 aromatic rings.